The van der Waals surface area contributed by atoms with E-state index in [-0.39, 0.29) is 10.8 Å². The molecule has 7 heteroatoms. The number of carbonyl (C=O) groups is 1. The Morgan fingerprint density at radius 1 is 1.37 bits per heavy atom. The summed E-state index contributed by atoms with van der Waals surface area (Å²) in [6.07, 6.45) is -0.444. The lowest BCUT2D eigenvalue weighted by Gasteiger charge is -2.19. The number of hydrogen-bond donors (Lipinski definition) is 1. The van der Waals surface area contributed by atoms with Crippen LogP contribution in [0.1, 0.15) is 13.8 Å². The fourth-order valence-electron chi connectivity index (χ4n) is 1.94. The van der Waals surface area contributed by atoms with E-state index in [9.17, 15) is 13.2 Å². The molecule has 6 nitrogen and oxygen atoms in total. The molecule has 0 aliphatic carbocycles. The average Bonchev–Trinajstić information content (AvgIpc) is 2.76. The lowest BCUT2D eigenvalue weighted by Crippen LogP contribution is -2.34. The molecule has 0 saturated carbocycles. The molecule has 19 heavy (non-hydrogen) atoms. The van der Waals surface area contributed by atoms with Crippen molar-refractivity contribution in [2.45, 2.75) is 25.0 Å². The SMILES string of the molecule is CC(=O)Nc1ccc(S(=O)(=O)N2CCOC2C)cc1. The predicted octanol–water partition coefficient (Wildman–Crippen LogP) is 1.01. The number of amides is 1. The van der Waals surface area contributed by atoms with Gasteiger partial charge in [0.2, 0.25) is 15.9 Å². The van der Waals surface area contributed by atoms with Gasteiger partial charge in [-0.25, -0.2) is 8.42 Å². The number of rotatable bonds is 3. The second kappa shape index (κ2) is 5.28. The van der Waals surface area contributed by atoms with E-state index in [4.69, 9.17) is 4.74 Å². The molecule has 0 bridgehead atoms. The first-order valence-electron chi connectivity index (χ1n) is 5.92. The molecule has 1 saturated heterocycles. The van der Waals surface area contributed by atoms with E-state index in [0.29, 0.717) is 18.8 Å². The molecular formula is C12H16N2O4S. The first kappa shape index (κ1) is 14.0. The Labute approximate surface area is 112 Å². The minimum atomic E-state index is -3.54. The third-order valence-electron chi connectivity index (χ3n) is 2.86. The van der Waals surface area contributed by atoms with Crippen LogP contribution in [-0.4, -0.2) is 38.0 Å². The van der Waals surface area contributed by atoms with E-state index in [0.717, 1.165) is 0 Å². The Kier molecular flexibility index (Phi) is 3.88. The molecule has 0 aromatic heterocycles. The Morgan fingerprint density at radius 2 is 2.00 bits per heavy atom. The molecule has 1 atom stereocenters. The van der Waals surface area contributed by atoms with Crippen LogP contribution in [0.4, 0.5) is 5.69 Å². The molecule has 1 aliphatic rings. The molecule has 1 amide bonds. The largest absolute Gasteiger partial charge is 0.361 e. The normalized spacial score (nSPS) is 20.4. The minimum absolute atomic E-state index is 0.193. The Balaban J connectivity index is 2.24. The van der Waals surface area contributed by atoms with Gasteiger partial charge in [-0.1, -0.05) is 0 Å². The van der Waals surface area contributed by atoms with Gasteiger partial charge in [-0.15, -0.1) is 0 Å². The van der Waals surface area contributed by atoms with Gasteiger partial charge in [0.1, 0.15) is 6.23 Å². The van der Waals surface area contributed by atoms with Crippen molar-refractivity contribution in [1.82, 2.24) is 4.31 Å². The van der Waals surface area contributed by atoms with E-state index in [1.807, 2.05) is 0 Å². The van der Waals surface area contributed by atoms with E-state index in [1.165, 1.54) is 23.4 Å². The first-order valence-corrected chi connectivity index (χ1v) is 7.36. The summed E-state index contributed by atoms with van der Waals surface area (Å²) < 4.78 is 31.2. The second-order valence-electron chi connectivity index (χ2n) is 4.29. The molecule has 1 N–H and O–H groups in total. The summed E-state index contributed by atoms with van der Waals surface area (Å²) in [5, 5.41) is 2.59. The third-order valence-corrected chi connectivity index (χ3v) is 4.82. The van der Waals surface area contributed by atoms with Crippen LogP contribution < -0.4 is 5.32 Å². The number of nitrogens with one attached hydrogen (secondary N) is 1. The zero-order valence-corrected chi connectivity index (χ0v) is 11.6. The van der Waals surface area contributed by atoms with Crippen molar-refractivity contribution in [2.24, 2.45) is 0 Å². The van der Waals surface area contributed by atoms with Crippen molar-refractivity contribution < 1.29 is 17.9 Å². The Hall–Kier alpha value is -1.44. The maximum Gasteiger partial charge on any atom is 0.245 e. The number of hydrogen-bond acceptors (Lipinski definition) is 4. The van der Waals surface area contributed by atoms with Crippen LogP contribution in [-0.2, 0) is 19.6 Å². The summed E-state index contributed by atoms with van der Waals surface area (Å²) in [6, 6.07) is 6.09. The molecule has 104 valence electrons. The lowest BCUT2D eigenvalue weighted by molar-refractivity contribution is -0.114. The number of benzene rings is 1. The highest BCUT2D eigenvalue weighted by atomic mass is 32.2. The summed E-state index contributed by atoms with van der Waals surface area (Å²) in [7, 11) is -3.54. The molecule has 1 heterocycles. The maximum atomic E-state index is 12.3. The quantitative estimate of drug-likeness (QED) is 0.899. The van der Waals surface area contributed by atoms with Gasteiger partial charge in [0.05, 0.1) is 11.5 Å². The fraction of sp³-hybridized carbons (Fsp3) is 0.417. The highest BCUT2D eigenvalue weighted by Crippen LogP contribution is 2.23. The number of carbonyl (C=O) groups excluding carboxylic acids is 1. The van der Waals surface area contributed by atoms with Gasteiger partial charge in [-0.3, -0.25) is 4.79 Å². The van der Waals surface area contributed by atoms with Crippen LogP contribution in [0.15, 0.2) is 29.2 Å². The molecular weight excluding hydrogens is 268 g/mol. The molecule has 1 aliphatic heterocycles. The van der Waals surface area contributed by atoms with Crippen molar-refractivity contribution in [1.29, 1.82) is 0 Å². The number of sulfonamides is 1. The van der Waals surface area contributed by atoms with Gasteiger partial charge in [0, 0.05) is 19.2 Å². The highest BCUT2D eigenvalue weighted by Gasteiger charge is 2.33. The van der Waals surface area contributed by atoms with Crippen LogP contribution in [0.5, 0.6) is 0 Å². The predicted molar refractivity (Wildman–Crippen MR) is 70.1 cm³/mol. The summed E-state index contributed by atoms with van der Waals surface area (Å²) in [5.41, 5.74) is 0.567. The van der Waals surface area contributed by atoms with E-state index < -0.39 is 16.3 Å². The molecule has 1 fully saturated rings. The summed E-state index contributed by atoms with van der Waals surface area (Å²) >= 11 is 0. The van der Waals surface area contributed by atoms with Crippen LogP contribution >= 0.6 is 0 Å². The third kappa shape index (κ3) is 2.94. The smallest absolute Gasteiger partial charge is 0.245 e. The fourth-order valence-corrected chi connectivity index (χ4v) is 3.46. The second-order valence-corrected chi connectivity index (χ2v) is 6.18. The standard InChI is InChI=1S/C12H16N2O4S/c1-9(15)13-11-3-5-12(6-4-11)19(16,17)14-7-8-18-10(14)2/h3-6,10H,7-8H2,1-2H3,(H,13,15). The van der Waals surface area contributed by atoms with Crippen molar-refractivity contribution >= 4 is 21.6 Å². The zero-order chi connectivity index (χ0) is 14.0. The average molecular weight is 284 g/mol. The lowest BCUT2D eigenvalue weighted by atomic mass is 10.3. The monoisotopic (exact) mass is 284 g/mol. The molecule has 2 rings (SSSR count). The van der Waals surface area contributed by atoms with Crippen LogP contribution in [0.2, 0.25) is 0 Å². The summed E-state index contributed by atoms with van der Waals surface area (Å²) in [5.74, 6) is -0.197. The van der Waals surface area contributed by atoms with Gasteiger partial charge in [0.15, 0.2) is 0 Å². The molecule has 1 aromatic rings. The minimum Gasteiger partial charge on any atom is -0.361 e. The topological polar surface area (TPSA) is 75.7 Å². The van der Waals surface area contributed by atoms with Crippen molar-refractivity contribution in [3.05, 3.63) is 24.3 Å². The Bertz CT molecular complexity index is 568. The highest BCUT2D eigenvalue weighted by molar-refractivity contribution is 7.89. The van der Waals surface area contributed by atoms with Crippen LogP contribution in [0.25, 0.3) is 0 Å². The van der Waals surface area contributed by atoms with Gasteiger partial charge >= 0.3 is 0 Å². The summed E-state index contributed by atoms with van der Waals surface area (Å²) in [4.78, 5) is 11.1. The first-order chi connectivity index (χ1) is 8.91. The van der Waals surface area contributed by atoms with Gasteiger partial charge in [0.25, 0.3) is 0 Å². The summed E-state index contributed by atoms with van der Waals surface area (Å²) in [6.45, 7) is 3.87. The Morgan fingerprint density at radius 3 is 2.47 bits per heavy atom. The van der Waals surface area contributed by atoms with Crippen LogP contribution in [0, 0.1) is 0 Å². The number of nitrogens with zero attached hydrogens (tertiary/aromatic N) is 1. The van der Waals surface area contributed by atoms with Gasteiger partial charge in [-0.2, -0.15) is 4.31 Å². The van der Waals surface area contributed by atoms with Crippen LogP contribution in [0.3, 0.4) is 0 Å². The number of ether oxygens (including phenoxy) is 1. The van der Waals surface area contributed by atoms with Gasteiger partial charge in [-0.05, 0) is 31.2 Å². The van der Waals surface area contributed by atoms with Crippen molar-refractivity contribution in [3.63, 3.8) is 0 Å². The zero-order valence-electron chi connectivity index (χ0n) is 10.8. The van der Waals surface area contributed by atoms with E-state index in [1.54, 1.807) is 19.1 Å². The number of anilines is 1. The van der Waals surface area contributed by atoms with Crippen molar-refractivity contribution in [3.8, 4) is 0 Å². The molecule has 0 radical (unpaired) electrons. The molecule has 1 aromatic carbocycles. The van der Waals surface area contributed by atoms with Gasteiger partial charge < -0.3 is 10.1 Å². The molecule has 0 spiro atoms. The van der Waals surface area contributed by atoms with Crippen molar-refractivity contribution in [2.75, 3.05) is 18.5 Å². The molecule has 1 unspecified atom stereocenters. The van der Waals surface area contributed by atoms with E-state index >= 15 is 0 Å². The van der Waals surface area contributed by atoms with E-state index in [2.05, 4.69) is 5.32 Å². The maximum absolute atomic E-state index is 12.3.